The predicted molar refractivity (Wildman–Crippen MR) is 210 cm³/mol. The number of rotatable bonds is 35. The molecule has 2 aromatic rings. The average Bonchev–Trinajstić information content (AvgIpc) is 3.48. The van der Waals surface area contributed by atoms with Crippen molar-refractivity contribution < 1.29 is 0 Å². The third-order valence-electron chi connectivity index (χ3n) is 10.4. The monoisotopic (exact) mass is 649 g/mol. The Morgan fingerprint density at radius 1 is 0.404 bits per heavy atom. The zero-order valence-electron chi connectivity index (χ0n) is 31.9. The molecule has 1 aromatic heterocycles. The first-order valence-corrected chi connectivity index (χ1v) is 21.4. The van der Waals surface area contributed by atoms with Gasteiger partial charge in [-0.25, -0.2) is 4.98 Å². The van der Waals surface area contributed by atoms with Crippen LogP contribution in [0, 0.1) is 0 Å². The maximum absolute atomic E-state index is 5.19. The van der Waals surface area contributed by atoms with Gasteiger partial charge in [-0.05, 0) is 37.7 Å². The van der Waals surface area contributed by atoms with Crippen LogP contribution in [0.15, 0.2) is 36.5 Å². The third kappa shape index (κ3) is 24.3. The molecule has 2 heteroatoms. The Bertz CT molecular complexity index is 900. The summed E-state index contributed by atoms with van der Waals surface area (Å²) in [5.74, 6) is 1.36. The van der Waals surface area contributed by atoms with E-state index in [1.807, 2.05) is 0 Å². The molecule has 0 N–H and O–H groups in total. The Labute approximate surface area is 294 Å². The molecular weight excluding hydrogens is 569 g/mol. The Balaban J connectivity index is 1.56. The summed E-state index contributed by atoms with van der Waals surface area (Å²) in [7, 11) is 0. The van der Waals surface area contributed by atoms with Crippen molar-refractivity contribution in [2.45, 2.75) is 232 Å². The second kappa shape index (κ2) is 31.7. The molecule has 2 rings (SSSR count). The first-order chi connectivity index (χ1) is 23.3. The van der Waals surface area contributed by atoms with Gasteiger partial charge in [-0.2, -0.15) is 0 Å². The smallest absolute Gasteiger partial charge is 0.108 e. The van der Waals surface area contributed by atoms with Crippen LogP contribution in [0.5, 0.6) is 0 Å². The fourth-order valence-electron chi connectivity index (χ4n) is 7.28. The van der Waals surface area contributed by atoms with Crippen molar-refractivity contribution in [2.75, 3.05) is 0 Å². The van der Waals surface area contributed by atoms with E-state index in [0.717, 1.165) is 25.8 Å². The maximum atomic E-state index is 5.19. The van der Waals surface area contributed by atoms with E-state index in [9.17, 15) is 0 Å². The first-order valence-electron chi connectivity index (χ1n) is 21.4. The fourth-order valence-corrected chi connectivity index (χ4v) is 7.28. The van der Waals surface area contributed by atoms with Crippen LogP contribution >= 0.6 is 0 Å². The molecule has 2 nitrogen and oxygen atoms in total. The zero-order chi connectivity index (χ0) is 33.3. The lowest BCUT2D eigenvalue weighted by Gasteiger charge is -2.08. The molecule has 1 heterocycles. The molecule has 0 saturated heterocycles. The van der Waals surface area contributed by atoms with Crippen molar-refractivity contribution in [3.8, 4) is 0 Å². The molecule has 0 fully saturated rings. The Hall–Kier alpha value is -1.57. The van der Waals surface area contributed by atoms with Gasteiger partial charge in [-0.3, -0.25) is 0 Å². The number of aromatic nitrogens is 2. The van der Waals surface area contributed by atoms with Gasteiger partial charge in [-0.1, -0.05) is 218 Å². The van der Waals surface area contributed by atoms with Crippen LogP contribution in [0.1, 0.15) is 224 Å². The highest BCUT2D eigenvalue weighted by molar-refractivity contribution is 5.15. The van der Waals surface area contributed by atoms with Gasteiger partial charge < -0.3 is 4.57 Å². The van der Waals surface area contributed by atoms with Crippen LogP contribution in [0.4, 0.5) is 0 Å². The van der Waals surface area contributed by atoms with E-state index in [2.05, 4.69) is 54.9 Å². The predicted octanol–water partition coefficient (Wildman–Crippen LogP) is 15.0. The van der Waals surface area contributed by atoms with E-state index in [1.54, 1.807) is 0 Å². The van der Waals surface area contributed by atoms with Crippen molar-refractivity contribution in [1.29, 1.82) is 0 Å². The summed E-state index contributed by atoms with van der Waals surface area (Å²) in [6.45, 7) is 5.78. The normalized spacial score (nSPS) is 11.5. The average molecular weight is 649 g/mol. The largest absolute Gasteiger partial charge is 0.335 e. The number of benzene rings is 1. The van der Waals surface area contributed by atoms with Gasteiger partial charge in [0.2, 0.25) is 0 Å². The van der Waals surface area contributed by atoms with Crippen LogP contribution in [0.25, 0.3) is 0 Å². The summed E-state index contributed by atoms with van der Waals surface area (Å²) < 4.78 is 2.54. The van der Waals surface area contributed by atoms with Crippen molar-refractivity contribution >= 4 is 0 Å². The topological polar surface area (TPSA) is 17.8 Å². The summed E-state index contributed by atoms with van der Waals surface area (Å²) in [5.41, 5.74) is 2.77. The van der Waals surface area contributed by atoms with Gasteiger partial charge in [-0.15, -0.1) is 0 Å². The van der Waals surface area contributed by atoms with Gasteiger partial charge in [0.05, 0.1) is 5.69 Å². The van der Waals surface area contributed by atoms with Crippen molar-refractivity contribution in [1.82, 2.24) is 9.55 Å². The van der Waals surface area contributed by atoms with Crippen LogP contribution < -0.4 is 0 Å². The van der Waals surface area contributed by atoms with Crippen LogP contribution in [-0.2, 0) is 25.8 Å². The standard InChI is InChI=1S/C45H80N2/c1-3-5-7-9-11-13-15-17-18-19-20-21-23-25-27-29-34-41-47-42-44(39-35-38-43-36-31-30-32-37-43)46-45(47)40-33-28-26-24-22-16-14-12-10-8-6-4-2/h30-32,36-37,42H,3-29,33-35,38-41H2,1-2H3. The minimum atomic E-state index is 1.10. The summed E-state index contributed by atoms with van der Waals surface area (Å²) in [6.07, 6.45) is 48.4. The minimum Gasteiger partial charge on any atom is -0.335 e. The van der Waals surface area contributed by atoms with Gasteiger partial charge >= 0.3 is 0 Å². The van der Waals surface area contributed by atoms with Gasteiger partial charge in [0.25, 0.3) is 0 Å². The summed E-state index contributed by atoms with van der Waals surface area (Å²) in [5, 5.41) is 0. The van der Waals surface area contributed by atoms with Crippen molar-refractivity contribution in [3.05, 3.63) is 53.6 Å². The van der Waals surface area contributed by atoms with Crippen molar-refractivity contribution in [2.24, 2.45) is 0 Å². The second-order valence-electron chi connectivity index (χ2n) is 15.0. The van der Waals surface area contributed by atoms with E-state index in [4.69, 9.17) is 4.98 Å². The highest BCUT2D eigenvalue weighted by atomic mass is 15.1. The van der Waals surface area contributed by atoms with Crippen LogP contribution in [0.3, 0.4) is 0 Å². The fraction of sp³-hybridized carbons (Fsp3) is 0.800. The van der Waals surface area contributed by atoms with E-state index in [-0.39, 0.29) is 0 Å². The van der Waals surface area contributed by atoms with Gasteiger partial charge in [0.1, 0.15) is 5.82 Å². The number of aryl methyl sites for hydroxylation is 4. The lowest BCUT2D eigenvalue weighted by Crippen LogP contribution is -2.03. The molecule has 0 bridgehead atoms. The van der Waals surface area contributed by atoms with E-state index in [1.165, 1.54) is 210 Å². The molecule has 0 radical (unpaired) electrons. The molecule has 1 aromatic carbocycles. The number of nitrogens with zero attached hydrogens (tertiary/aromatic N) is 2. The summed E-state index contributed by atoms with van der Waals surface area (Å²) >= 11 is 0. The number of imidazole rings is 1. The van der Waals surface area contributed by atoms with E-state index >= 15 is 0 Å². The van der Waals surface area contributed by atoms with Gasteiger partial charge in [0.15, 0.2) is 0 Å². The number of hydrogen-bond donors (Lipinski definition) is 0. The molecule has 0 aliphatic heterocycles. The Kier molecular flexibility index (Phi) is 28.0. The Morgan fingerprint density at radius 3 is 1.26 bits per heavy atom. The molecule has 0 spiro atoms. The molecule has 0 aliphatic rings. The molecule has 47 heavy (non-hydrogen) atoms. The molecule has 0 aliphatic carbocycles. The van der Waals surface area contributed by atoms with Gasteiger partial charge in [0, 0.05) is 19.2 Å². The molecular formula is C45H80N2. The summed E-state index contributed by atoms with van der Waals surface area (Å²) in [6, 6.07) is 11.0. The molecule has 270 valence electrons. The maximum Gasteiger partial charge on any atom is 0.108 e. The molecule has 0 amide bonds. The SMILES string of the molecule is CCCCCCCCCCCCCCCCCCCn1cc(CCCc2ccccc2)nc1CCCCCCCCCCCCCC. The van der Waals surface area contributed by atoms with Crippen LogP contribution in [-0.4, -0.2) is 9.55 Å². The highest BCUT2D eigenvalue weighted by Crippen LogP contribution is 2.17. The Morgan fingerprint density at radius 2 is 0.809 bits per heavy atom. The molecule has 0 unspecified atom stereocenters. The molecule has 0 saturated carbocycles. The summed E-state index contributed by atoms with van der Waals surface area (Å²) in [4.78, 5) is 5.19. The number of unbranched alkanes of at least 4 members (excludes halogenated alkanes) is 27. The number of hydrogen-bond acceptors (Lipinski definition) is 1. The van der Waals surface area contributed by atoms with E-state index in [0.29, 0.717) is 0 Å². The first kappa shape index (κ1) is 41.6. The quantitative estimate of drug-likeness (QED) is 0.0680. The third-order valence-corrected chi connectivity index (χ3v) is 10.4. The van der Waals surface area contributed by atoms with E-state index < -0.39 is 0 Å². The minimum absolute atomic E-state index is 1.10. The molecule has 0 atom stereocenters. The lowest BCUT2D eigenvalue weighted by molar-refractivity contribution is 0.513. The highest BCUT2D eigenvalue weighted by Gasteiger charge is 2.09. The van der Waals surface area contributed by atoms with Crippen LogP contribution in [0.2, 0.25) is 0 Å². The van der Waals surface area contributed by atoms with Crippen molar-refractivity contribution in [3.63, 3.8) is 0 Å². The zero-order valence-corrected chi connectivity index (χ0v) is 31.9. The lowest BCUT2D eigenvalue weighted by atomic mass is 10.0. The second-order valence-corrected chi connectivity index (χ2v) is 15.0.